The van der Waals surface area contributed by atoms with Gasteiger partial charge in [0.2, 0.25) is 0 Å². The number of hydrogen-bond donors (Lipinski definition) is 2. The summed E-state index contributed by atoms with van der Waals surface area (Å²) >= 11 is -0.472. The molecule has 2 N–H and O–H groups in total. The number of ether oxygens (including phenoxy) is 2. The van der Waals surface area contributed by atoms with E-state index in [0.717, 1.165) is 62.8 Å². The van der Waals surface area contributed by atoms with E-state index in [0.29, 0.717) is 0 Å². The number of carboxylic acid groups (broad SMARTS) is 2. The maximum atomic E-state index is 9.00. The monoisotopic (exact) mass is 797 g/mol. The summed E-state index contributed by atoms with van der Waals surface area (Å²) in [6.07, 6.45) is 18.8. The third-order valence-electron chi connectivity index (χ3n) is 5.26. The molecule has 0 aliphatic heterocycles. The van der Waals surface area contributed by atoms with Crippen molar-refractivity contribution in [3.63, 3.8) is 0 Å². The molecule has 11 heteroatoms. The maximum absolute atomic E-state index is 9.00. The first kappa shape index (κ1) is 41.2. The van der Waals surface area contributed by atoms with Gasteiger partial charge in [-0.25, -0.2) is 0 Å². The van der Waals surface area contributed by atoms with Crippen molar-refractivity contribution in [2.45, 2.75) is 105 Å². The van der Waals surface area contributed by atoms with Crippen LogP contribution in [-0.4, -0.2) is 45.3 Å². The molecule has 0 fully saturated rings. The number of carbonyl (C=O) groups is 2. The van der Waals surface area contributed by atoms with Gasteiger partial charge in [-0.2, -0.15) is 0 Å². The summed E-state index contributed by atoms with van der Waals surface area (Å²) in [6.45, 7) is 8.17. The van der Waals surface area contributed by atoms with Crippen molar-refractivity contribution in [1.82, 2.24) is 9.97 Å². The van der Waals surface area contributed by atoms with Crippen molar-refractivity contribution in [3.05, 3.63) is 36.7 Å². The first-order valence-electron chi connectivity index (χ1n) is 14.1. The molecular weight excluding hydrogens is 750 g/mol. The van der Waals surface area contributed by atoms with E-state index < -0.39 is 28.4 Å². The predicted octanol–water partition coefficient (Wildman–Crippen LogP) is 9.18. The van der Waals surface area contributed by atoms with E-state index in [1.165, 1.54) is 64.2 Å². The van der Waals surface area contributed by atoms with Gasteiger partial charge < -0.3 is 19.7 Å². The number of carboxylic acids is 2. The standard InChI is InChI=1S/C26H40N2O2.2C2H4O2.2ClH.Pt/c1-3-5-7-9-11-13-19-29-23-15-17-27-25(21-23)26-22-24(16-18-28-26)30-20-14-12-10-8-6-4-2;2*1-2(3)4;;;/h15-18,21-22H,3-14,19-20H2,1-2H3;2*1H3,(H,3,4);2*1H;/q;;;;;+2/p-2. The van der Waals surface area contributed by atoms with Crippen LogP contribution in [0.3, 0.4) is 0 Å². The first-order valence-corrected chi connectivity index (χ1v) is 19.7. The molecule has 0 saturated carbocycles. The van der Waals surface area contributed by atoms with Gasteiger partial charge in [0.15, 0.2) is 0 Å². The van der Waals surface area contributed by atoms with E-state index in [-0.39, 0.29) is 0 Å². The van der Waals surface area contributed by atoms with E-state index >= 15 is 0 Å². The second kappa shape index (κ2) is 31.1. The molecule has 41 heavy (non-hydrogen) atoms. The molecule has 0 atom stereocenters. The Morgan fingerprint density at radius 2 is 0.976 bits per heavy atom. The first-order chi connectivity index (χ1) is 19.7. The minimum absolute atomic E-state index is 0.472. The molecule has 2 aromatic rings. The Kier molecular flexibility index (Phi) is 31.2. The summed E-state index contributed by atoms with van der Waals surface area (Å²) in [6, 6.07) is 7.77. The quantitative estimate of drug-likeness (QED) is 0.152. The number of aromatic nitrogens is 2. The van der Waals surface area contributed by atoms with Crippen LogP contribution in [0.2, 0.25) is 0 Å². The summed E-state index contributed by atoms with van der Waals surface area (Å²) in [5.41, 5.74) is 1.64. The molecule has 0 amide bonds. The zero-order chi connectivity index (χ0) is 31.1. The molecule has 2 rings (SSSR count). The van der Waals surface area contributed by atoms with E-state index in [9.17, 15) is 0 Å². The van der Waals surface area contributed by atoms with Crippen LogP contribution in [0, 0.1) is 0 Å². The zero-order valence-electron chi connectivity index (χ0n) is 24.9. The van der Waals surface area contributed by atoms with Gasteiger partial charge in [0.05, 0.1) is 24.6 Å². The number of aliphatic carboxylic acids is 2. The van der Waals surface area contributed by atoms with Gasteiger partial charge in [0.1, 0.15) is 11.5 Å². The fourth-order valence-corrected chi connectivity index (χ4v) is 3.43. The topological polar surface area (TPSA) is 119 Å². The molecule has 0 aromatic carbocycles. The van der Waals surface area contributed by atoms with Gasteiger partial charge in [-0.15, -0.1) is 0 Å². The van der Waals surface area contributed by atoms with Crippen LogP contribution in [0.25, 0.3) is 11.4 Å². The van der Waals surface area contributed by atoms with Gasteiger partial charge in [0, 0.05) is 38.4 Å². The number of hydrogen-bond acceptors (Lipinski definition) is 6. The van der Waals surface area contributed by atoms with Gasteiger partial charge >= 0.3 is 35.3 Å². The fourth-order valence-electron chi connectivity index (χ4n) is 3.43. The Morgan fingerprint density at radius 1 is 0.683 bits per heavy atom. The van der Waals surface area contributed by atoms with Crippen LogP contribution >= 0.6 is 18.8 Å². The van der Waals surface area contributed by atoms with Crippen LogP contribution in [0.1, 0.15) is 105 Å². The molecule has 0 bridgehead atoms. The molecule has 0 unspecified atom stereocenters. The summed E-state index contributed by atoms with van der Waals surface area (Å²) in [5.74, 6) is 0.0440. The van der Waals surface area contributed by atoms with Crippen LogP contribution in [0.5, 0.6) is 11.5 Å². The molecule has 0 spiro atoms. The Morgan fingerprint density at radius 3 is 1.29 bits per heavy atom. The number of nitrogens with zero attached hydrogens (tertiary/aromatic N) is 2. The third-order valence-corrected chi connectivity index (χ3v) is 5.26. The summed E-state index contributed by atoms with van der Waals surface area (Å²) in [7, 11) is 9.75. The van der Waals surface area contributed by atoms with E-state index in [1.807, 2.05) is 24.3 Å². The minimum atomic E-state index is -0.833. The van der Waals surface area contributed by atoms with Crippen molar-refractivity contribution in [3.8, 4) is 22.9 Å². The summed E-state index contributed by atoms with van der Waals surface area (Å²) in [4.78, 5) is 26.9. The predicted molar refractivity (Wildman–Crippen MR) is 164 cm³/mol. The van der Waals surface area contributed by atoms with Gasteiger partial charge in [-0.3, -0.25) is 19.6 Å². The molecule has 0 aliphatic rings. The van der Waals surface area contributed by atoms with Gasteiger partial charge in [-0.1, -0.05) is 78.1 Å². The Hall–Kier alpha value is -1.89. The molecule has 8 nitrogen and oxygen atoms in total. The Labute approximate surface area is 263 Å². The molecule has 2 aromatic heterocycles. The number of pyridine rings is 2. The molecule has 2 heterocycles. The van der Waals surface area contributed by atoms with Crippen molar-refractivity contribution in [2.75, 3.05) is 13.2 Å². The van der Waals surface area contributed by atoms with Gasteiger partial charge in [-0.05, 0) is 25.0 Å². The van der Waals surface area contributed by atoms with Crippen molar-refractivity contribution in [2.24, 2.45) is 0 Å². The second-order valence-electron chi connectivity index (χ2n) is 9.07. The number of unbranched alkanes of at least 4 members (excludes halogenated alkanes) is 10. The zero-order valence-corrected chi connectivity index (χ0v) is 28.6. The van der Waals surface area contributed by atoms with Crippen molar-refractivity contribution >= 4 is 30.8 Å². The Bertz CT molecular complexity index is 829. The van der Waals surface area contributed by atoms with E-state index in [1.54, 1.807) is 12.4 Å². The molecule has 0 radical (unpaired) electrons. The molecule has 0 aliphatic carbocycles. The molecular formula is C30H48Cl2N2O6Pt. The van der Waals surface area contributed by atoms with Crippen LogP contribution < -0.4 is 9.47 Å². The molecule has 238 valence electrons. The normalized spacial score (nSPS) is 9.71. The SMILES string of the molecule is CC(=O)O.CC(=O)O.CCCCCCCCOc1ccnc(-c2cc(OCCCCCCCC)ccn2)c1.[Cl][Pt][Cl]. The van der Waals surface area contributed by atoms with Crippen LogP contribution in [-0.2, 0) is 26.1 Å². The van der Waals surface area contributed by atoms with Crippen LogP contribution in [0.15, 0.2) is 36.7 Å². The van der Waals surface area contributed by atoms with Crippen LogP contribution in [0.4, 0.5) is 0 Å². The van der Waals surface area contributed by atoms with E-state index in [4.69, 9.17) is 48.1 Å². The fraction of sp³-hybridized carbons (Fsp3) is 0.600. The van der Waals surface area contributed by atoms with Crippen molar-refractivity contribution in [1.29, 1.82) is 0 Å². The van der Waals surface area contributed by atoms with Crippen molar-refractivity contribution < 1.29 is 45.8 Å². The third kappa shape index (κ3) is 30.9. The van der Waals surface area contributed by atoms with E-state index in [2.05, 4.69) is 23.8 Å². The van der Waals surface area contributed by atoms with Gasteiger partial charge in [0.25, 0.3) is 11.9 Å². The summed E-state index contributed by atoms with van der Waals surface area (Å²) < 4.78 is 11.9. The number of halogens is 2. The molecule has 0 saturated heterocycles. The average molecular weight is 799 g/mol. The number of rotatable bonds is 17. The second-order valence-corrected chi connectivity index (χ2v) is 12.4. The Balaban J connectivity index is 0. The average Bonchev–Trinajstić information content (AvgIpc) is 2.92. The summed E-state index contributed by atoms with van der Waals surface area (Å²) in [5, 5.41) is 14.8.